The summed E-state index contributed by atoms with van der Waals surface area (Å²) in [4.78, 5) is 14.7. The lowest BCUT2D eigenvalue weighted by atomic mass is 10.1. The molecule has 0 unspecified atom stereocenters. The number of ether oxygens (including phenoxy) is 3. The van der Waals surface area contributed by atoms with Gasteiger partial charge in [0.1, 0.15) is 5.75 Å². The van der Waals surface area contributed by atoms with E-state index >= 15 is 0 Å². The van der Waals surface area contributed by atoms with Crippen molar-refractivity contribution in [2.45, 2.75) is 38.0 Å². The molecule has 2 rings (SSSR count). The first kappa shape index (κ1) is 26.8. The van der Waals surface area contributed by atoms with E-state index in [2.05, 4.69) is 6.92 Å². The molecular weight excluding hydrogens is 466 g/mol. The summed E-state index contributed by atoms with van der Waals surface area (Å²) in [5.74, 6) is 1.18. The number of rotatable bonds is 13. The van der Waals surface area contributed by atoms with E-state index < -0.39 is 9.84 Å². The monoisotopic (exact) mass is 497 g/mol. The molecule has 0 N–H and O–H groups in total. The van der Waals surface area contributed by atoms with Gasteiger partial charge in [-0.05, 0) is 50.1 Å². The lowest BCUT2D eigenvalue weighted by Crippen LogP contribution is -2.28. The molecule has 33 heavy (non-hydrogen) atoms. The molecule has 0 bridgehead atoms. The van der Waals surface area contributed by atoms with E-state index in [0.29, 0.717) is 60.6 Å². The number of nitrogens with zero attached hydrogens (tertiary/aromatic N) is 1. The first-order chi connectivity index (χ1) is 15.7. The van der Waals surface area contributed by atoms with Gasteiger partial charge >= 0.3 is 0 Å². The van der Waals surface area contributed by atoms with E-state index in [1.54, 1.807) is 36.2 Å². The third-order valence-corrected chi connectivity index (χ3v) is 6.18. The molecule has 0 saturated carbocycles. The minimum absolute atomic E-state index is 0.197. The maximum absolute atomic E-state index is 12.9. The lowest BCUT2D eigenvalue weighted by Gasteiger charge is -2.19. The summed E-state index contributed by atoms with van der Waals surface area (Å²) in [6.07, 6.45) is 3.61. The predicted octanol–water partition coefficient (Wildman–Crippen LogP) is 4.86. The number of unbranched alkanes of at least 4 members (excludes halogenated alkanes) is 1. The van der Waals surface area contributed by atoms with Gasteiger partial charge in [0.15, 0.2) is 21.3 Å². The van der Waals surface area contributed by atoms with Crippen molar-refractivity contribution in [3.63, 3.8) is 0 Å². The van der Waals surface area contributed by atoms with Gasteiger partial charge in [0.25, 0.3) is 5.91 Å². The highest BCUT2D eigenvalue weighted by Crippen LogP contribution is 2.37. The Bertz CT molecular complexity index is 1040. The zero-order valence-electron chi connectivity index (χ0n) is 19.6. The zero-order chi connectivity index (χ0) is 24.4. The van der Waals surface area contributed by atoms with Crippen molar-refractivity contribution < 1.29 is 27.4 Å². The van der Waals surface area contributed by atoms with Crippen LogP contribution in [-0.2, 0) is 9.84 Å². The van der Waals surface area contributed by atoms with Crippen LogP contribution in [0.25, 0.3) is 0 Å². The fourth-order valence-corrected chi connectivity index (χ4v) is 3.94. The number of carbonyl (C=O) groups is 1. The van der Waals surface area contributed by atoms with Gasteiger partial charge in [-0.1, -0.05) is 31.0 Å². The highest BCUT2D eigenvalue weighted by molar-refractivity contribution is 7.90. The molecule has 9 heteroatoms. The molecule has 7 nitrogen and oxygen atoms in total. The minimum Gasteiger partial charge on any atom is -0.493 e. The summed E-state index contributed by atoms with van der Waals surface area (Å²) >= 11 is 6.40. The second-order valence-corrected chi connectivity index (χ2v) is 10.0. The molecule has 182 valence electrons. The Labute approximate surface area is 201 Å². The van der Waals surface area contributed by atoms with Gasteiger partial charge in [0, 0.05) is 25.4 Å². The van der Waals surface area contributed by atoms with Gasteiger partial charge in [-0.3, -0.25) is 4.79 Å². The summed E-state index contributed by atoms with van der Waals surface area (Å²) < 4.78 is 40.4. The van der Waals surface area contributed by atoms with Crippen LogP contribution in [0.1, 0.15) is 43.5 Å². The molecule has 1 amide bonds. The lowest BCUT2D eigenvalue weighted by molar-refractivity contribution is 0.0787. The molecule has 0 atom stereocenters. The normalized spacial score (nSPS) is 11.2. The van der Waals surface area contributed by atoms with E-state index in [1.165, 1.54) is 12.1 Å². The summed E-state index contributed by atoms with van der Waals surface area (Å²) in [5.41, 5.74) is 0.413. The summed E-state index contributed by atoms with van der Waals surface area (Å²) in [5, 5.41) is 0.336. The summed E-state index contributed by atoms with van der Waals surface area (Å²) in [6.45, 7) is 5.66. The largest absolute Gasteiger partial charge is 0.493 e. The Morgan fingerprint density at radius 3 is 2.42 bits per heavy atom. The number of hydrogen-bond donors (Lipinski definition) is 0. The van der Waals surface area contributed by atoms with Crippen molar-refractivity contribution >= 4 is 27.3 Å². The average Bonchev–Trinajstić information content (AvgIpc) is 2.77. The maximum atomic E-state index is 12.9. The van der Waals surface area contributed by atoms with E-state index in [1.807, 2.05) is 6.92 Å². The standard InChI is InChI=1S/C24H32ClNO6S/c1-5-7-13-32-23-21(25)15-18(16-22(23)30-6-2)24(27)26(3)12-9-14-31-19-10-8-11-20(17-19)33(4,28)29/h8,10-11,15-17H,5-7,9,12-14H2,1-4H3. The molecule has 0 saturated heterocycles. The number of halogens is 1. The Balaban J connectivity index is 1.97. The number of benzene rings is 2. The van der Waals surface area contributed by atoms with Gasteiger partial charge < -0.3 is 19.1 Å². The Kier molecular flexibility index (Phi) is 10.3. The third-order valence-electron chi connectivity index (χ3n) is 4.79. The van der Waals surface area contributed by atoms with E-state index in [9.17, 15) is 13.2 Å². The van der Waals surface area contributed by atoms with Gasteiger partial charge in [-0.15, -0.1) is 0 Å². The third kappa shape index (κ3) is 8.12. The van der Waals surface area contributed by atoms with Gasteiger partial charge in [-0.25, -0.2) is 8.42 Å². The van der Waals surface area contributed by atoms with Gasteiger partial charge in [-0.2, -0.15) is 0 Å². The van der Waals surface area contributed by atoms with Crippen molar-refractivity contribution in [2.75, 3.05) is 39.7 Å². The molecule has 0 heterocycles. The second-order valence-electron chi connectivity index (χ2n) is 7.60. The van der Waals surface area contributed by atoms with Crippen LogP contribution in [0.4, 0.5) is 0 Å². The maximum Gasteiger partial charge on any atom is 0.253 e. The highest BCUT2D eigenvalue weighted by atomic mass is 35.5. The fourth-order valence-electron chi connectivity index (χ4n) is 3.02. The van der Waals surface area contributed by atoms with Crippen LogP contribution in [0.15, 0.2) is 41.3 Å². The number of sulfone groups is 1. The van der Waals surface area contributed by atoms with Crippen molar-refractivity contribution in [1.82, 2.24) is 4.90 Å². The van der Waals surface area contributed by atoms with Crippen LogP contribution < -0.4 is 14.2 Å². The van der Waals surface area contributed by atoms with Crippen molar-refractivity contribution in [3.05, 3.63) is 47.0 Å². The van der Waals surface area contributed by atoms with Gasteiger partial charge in [0.2, 0.25) is 0 Å². The summed E-state index contributed by atoms with van der Waals surface area (Å²) in [6, 6.07) is 9.60. The number of carbonyl (C=O) groups excluding carboxylic acids is 1. The molecule has 0 aliphatic rings. The van der Waals surface area contributed by atoms with Gasteiger partial charge in [0.05, 0.1) is 29.7 Å². The number of amides is 1. The molecule has 0 radical (unpaired) electrons. The molecule has 0 fully saturated rings. The van der Waals surface area contributed by atoms with Crippen molar-refractivity contribution in [2.24, 2.45) is 0 Å². The summed E-state index contributed by atoms with van der Waals surface area (Å²) in [7, 11) is -1.59. The molecule has 2 aromatic rings. The molecule has 0 aromatic heterocycles. The molecule has 0 spiro atoms. The predicted molar refractivity (Wildman–Crippen MR) is 130 cm³/mol. The smallest absolute Gasteiger partial charge is 0.253 e. The molecule has 2 aromatic carbocycles. The number of hydrogen-bond acceptors (Lipinski definition) is 6. The first-order valence-corrected chi connectivity index (χ1v) is 13.2. The van der Waals surface area contributed by atoms with Crippen LogP contribution in [0.2, 0.25) is 5.02 Å². The van der Waals surface area contributed by atoms with Crippen molar-refractivity contribution in [3.8, 4) is 17.2 Å². The Morgan fingerprint density at radius 2 is 1.76 bits per heavy atom. The Morgan fingerprint density at radius 1 is 1.03 bits per heavy atom. The SMILES string of the molecule is CCCCOc1c(Cl)cc(C(=O)N(C)CCCOc2cccc(S(C)(=O)=O)c2)cc1OCC. The fraction of sp³-hybridized carbons (Fsp3) is 0.458. The molecule has 0 aliphatic carbocycles. The topological polar surface area (TPSA) is 82.1 Å². The Hall–Kier alpha value is -2.45. The highest BCUT2D eigenvalue weighted by Gasteiger charge is 2.19. The van der Waals surface area contributed by atoms with E-state index in [0.717, 1.165) is 19.1 Å². The van der Waals surface area contributed by atoms with Crippen LogP contribution >= 0.6 is 11.6 Å². The van der Waals surface area contributed by atoms with Crippen LogP contribution in [-0.4, -0.2) is 58.9 Å². The average molecular weight is 498 g/mol. The van der Waals surface area contributed by atoms with Crippen molar-refractivity contribution in [1.29, 1.82) is 0 Å². The van der Waals surface area contributed by atoms with Crippen LogP contribution in [0, 0.1) is 0 Å². The molecular formula is C24H32ClNO6S. The van der Waals surface area contributed by atoms with E-state index in [-0.39, 0.29) is 10.8 Å². The zero-order valence-corrected chi connectivity index (χ0v) is 21.2. The van der Waals surface area contributed by atoms with Crippen LogP contribution in [0.5, 0.6) is 17.2 Å². The quantitative estimate of drug-likeness (QED) is 0.367. The minimum atomic E-state index is -3.30. The van der Waals surface area contributed by atoms with Crippen LogP contribution in [0.3, 0.4) is 0 Å². The first-order valence-electron chi connectivity index (χ1n) is 10.9. The van der Waals surface area contributed by atoms with E-state index in [4.69, 9.17) is 25.8 Å². The molecule has 0 aliphatic heterocycles. The second kappa shape index (κ2) is 12.7.